The highest BCUT2D eigenvalue weighted by Crippen LogP contribution is 2.40. The maximum absolute atomic E-state index is 10.8. The number of hydrogen-bond donors (Lipinski definition) is 0. The Bertz CT molecular complexity index is 453. The van der Waals surface area contributed by atoms with E-state index in [1.54, 1.807) is 23.9 Å². The molecule has 0 unspecified atom stereocenters. The Morgan fingerprint density at radius 1 is 1.38 bits per heavy atom. The van der Waals surface area contributed by atoms with Crippen LogP contribution in [0.1, 0.15) is 10.8 Å². The van der Waals surface area contributed by atoms with Crippen LogP contribution in [-0.2, 0) is 4.79 Å². The van der Waals surface area contributed by atoms with Gasteiger partial charge in [0.05, 0.1) is 10.2 Å². The van der Waals surface area contributed by atoms with Crippen molar-refractivity contribution >= 4 is 23.7 Å². The van der Waals surface area contributed by atoms with E-state index in [1.807, 2.05) is 6.08 Å². The highest BCUT2D eigenvalue weighted by atomic mass is 32.2. The minimum absolute atomic E-state index is 0.0262. The van der Waals surface area contributed by atoms with Crippen molar-refractivity contribution in [3.63, 3.8) is 0 Å². The molecule has 0 spiro atoms. The van der Waals surface area contributed by atoms with Gasteiger partial charge in [0, 0.05) is 23.5 Å². The van der Waals surface area contributed by atoms with Crippen molar-refractivity contribution in [2.75, 3.05) is 5.75 Å². The van der Waals surface area contributed by atoms with Gasteiger partial charge in [-0.25, -0.2) is 0 Å². The molecule has 1 aromatic rings. The zero-order valence-corrected chi connectivity index (χ0v) is 9.15. The monoisotopic (exact) mass is 235 g/mol. The third kappa shape index (κ3) is 1.99. The van der Waals surface area contributed by atoms with E-state index in [0.29, 0.717) is 0 Å². The molecule has 1 aliphatic rings. The van der Waals surface area contributed by atoms with E-state index in [9.17, 15) is 14.9 Å². The summed E-state index contributed by atoms with van der Waals surface area (Å²) in [4.78, 5) is 20.8. The summed E-state index contributed by atoms with van der Waals surface area (Å²) in [6, 6.07) is 6.35. The predicted molar refractivity (Wildman–Crippen MR) is 62.4 cm³/mol. The Balaban J connectivity index is 2.25. The Morgan fingerprint density at radius 2 is 2.06 bits per heavy atom. The van der Waals surface area contributed by atoms with Gasteiger partial charge in [-0.2, -0.15) is 0 Å². The van der Waals surface area contributed by atoms with Crippen LogP contribution in [-0.4, -0.2) is 17.0 Å². The largest absolute Gasteiger partial charge is 0.298 e. The molecule has 5 heteroatoms. The number of thioether (sulfide) groups is 1. The van der Waals surface area contributed by atoms with Gasteiger partial charge in [0.15, 0.2) is 0 Å². The van der Waals surface area contributed by atoms with Crippen LogP contribution in [0.15, 0.2) is 35.9 Å². The molecule has 1 heterocycles. The highest BCUT2D eigenvalue weighted by molar-refractivity contribution is 8.00. The van der Waals surface area contributed by atoms with Gasteiger partial charge in [0.25, 0.3) is 5.69 Å². The first kappa shape index (κ1) is 10.9. The van der Waals surface area contributed by atoms with Gasteiger partial charge in [-0.05, 0) is 5.56 Å². The average molecular weight is 235 g/mol. The molecule has 0 bridgehead atoms. The Kier molecular flexibility index (Phi) is 3.05. The zero-order chi connectivity index (χ0) is 11.5. The van der Waals surface area contributed by atoms with Gasteiger partial charge >= 0.3 is 0 Å². The number of nitro benzene ring substituents is 1. The highest BCUT2D eigenvalue weighted by Gasteiger charge is 2.21. The number of carbonyl (C=O) groups is 1. The summed E-state index contributed by atoms with van der Waals surface area (Å²) in [5.41, 5.74) is 1.76. The molecule has 0 radical (unpaired) electrons. The SMILES string of the molecule is O=CC1=CCS[C@@H]1c1ccc([N+](=O)[O-])cc1. The number of benzene rings is 1. The summed E-state index contributed by atoms with van der Waals surface area (Å²) in [5, 5.41) is 10.5. The minimum atomic E-state index is -0.429. The normalized spacial score (nSPS) is 19.2. The molecule has 0 saturated heterocycles. The van der Waals surface area contributed by atoms with Crippen LogP contribution < -0.4 is 0 Å². The second kappa shape index (κ2) is 4.49. The molecular weight excluding hydrogens is 226 g/mol. The lowest BCUT2D eigenvalue weighted by atomic mass is 10.1. The van der Waals surface area contributed by atoms with E-state index in [2.05, 4.69) is 0 Å². The molecule has 1 atom stereocenters. The first-order valence-electron chi connectivity index (χ1n) is 4.73. The van der Waals surface area contributed by atoms with Crippen molar-refractivity contribution in [3.05, 3.63) is 51.6 Å². The lowest BCUT2D eigenvalue weighted by Crippen LogP contribution is -1.96. The molecule has 0 fully saturated rings. The van der Waals surface area contributed by atoms with E-state index < -0.39 is 4.92 Å². The Labute approximate surface area is 96.5 Å². The first-order valence-corrected chi connectivity index (χ1v) is 5.78. The molecule has 0 aromatic heterocycles. The number of rotatable bonds is 3. The van der Waals surface area contributed by atoms with Crippen LogP contribution >= 0.6 is 11.8 Å². The van der Waals surface area contributed by atoms with Gasteiger partial charge in [0.2, 0.25) is 0 Å². The third-order valence-electron chi connectivity index (χ3n) is 2.43. The van der Waals surface area contributed by atoms with E-state index in [-0.39, 0.29) is 10.9 Å². The third-order valence-corrected chi connectivity index (χ3v) is 3.66. The van der Waals surface area contributed by atoms with Crippen LogP contribution in [0.25, 0.3) is 0 Å². The summed E-state index contributed by atoms with van der Waals surface area (Å²) < 4.78 is 0. The summed E-state index contributed by atoms with van der Waals surface area (Å²) in [6.07, 6.45) is 2.75. The topological polar surface area (TPSA) is 60.2 Å². The van der Waals surface area contributed by atoms with E-state index in [1.165, 1.54) is 12.1 Å². The summed E-state index contributed by atoms with van der Waals surface area (Å²) >= 11 is 1.65. The van der Waals surface area contributed by atoms with Gasteiger partial charge in [-0.1, -0.05) is 18.2 Å². The fraction of sp³-hybridized carbons (Fsp3) is 0.182. The minimum Gasteiger partial charge on any atom is -0.298 e. The number of nitrogens with zero attached hydrogens (tertiary/aromatic N) is 1. The van der Waals surface area contributed by atoms with Crippen molar-refractivity contribution in [1.82, 2.24) is 0 Å². The van der Waals surface area contributed by atoms with Crippen LogP contribution in [0.2, 0.25) is 0 Å². The quantitative estimate of drug-likeness (QED) is 0.459. The number of hydrogen-bond acceptors (Lipinski definition) is 4. The van der Waals surface area contributed by atoms with Crippen molar-refractivity contribution in [2.24, 2.45) is 0 Å². The smallest absolute Gasteiger partial charge is 0.269 e. The molecule has 0 amide bonds. The van der Waals surface area contributed by atoms with Crippen LogP contribution in [0, 0.1) is 10.1 Å². The second-order valence-corrected chi connectivity index (χ2v) is 4.52. The summed E-state index contributed by atoms with van der Waals surface area (Å²) in [7, 11) is 0. The van der Waals surface area contributed by atoms with Crippen LogP contribution in [0.4, 0.5) is 5.69 Å². The maximum Gasteiger partial charge on any atom is 0.269 e. The number of nitro groups is 1. The van der Waals surface area contributed by atoms with Crippen LogP contribution in [0.5, 0.6) is 0 Å². The first-order chi connectivity index (χ1) is 7.72. The molecule has 0 saturated carbocycles. The standard InChI is InChI=1S/C11H9NO3S/c13-7-9-5-6-16-11(9)8-1-3-10(4-2-8)12(14)15/h1-5,7,11H,6H2/t11-/m1/s1. The lowest BCUT2D eigenvalue weighted by Gasteiger charge is -2.10. The number of aldehydes is 1. The molecule has 2 rings (SSSR count). The fourth-order valence-electron chi connectivity index (χ4n) is 1.61. The summed E-state index contributed by atoms with van der Waals surface area (Å²) in [5.74, 6) is 0.815. The molecule has 4 nitrogen and oxygen atoms in total. The molecular formula is C11H9NO3S. The van der Waals surface area contributed by atoms with Crippen molar-refractivity contribution in [3.8, 4) is 0 Å². The number of carbonyl (C=O) groups excluding carboxylic acids is 1. The number of non-ortho nitro benzene ring substituents is 1. The molecule has 82 valence electrons. The van der Waals surface area contributed by atoms with Gasteiger partial charge in [-0.3, -0.25) is 14.9 Å². The van der Waals surface area contributed by atoms with Gasteiger partial charge in [0.1, 0.15) is 6.29 Å². The van der Waals surface area contributed by atoms with E-state index in [4.69, 9.17) is 0 Å². The molecule has 0 aliphatic carbocycles. The van der Waals surface area contributed by atoms with Crippen LogP contribution in [0.3, 0.4) is 0 Å². The molecule has 1 aliphatic heterocycles. The van der Waals surface area contributed by atoms with E-state index >= 15 is 0 Å². The fourth-order valence-corrected chi connectivity index (χ4v) is 2.79. The Hall–Kier alpha value is -1.62. The van der Waals surface area contributed by atoms with Gasteiger partial charge < -0.3 is 0 Å². The lowest BCUT2D eigenvalue weighted by molar-refractivity contribution is -0.384. The maximum atomic E-state index is 10.8. The average Bonchev–Trinajstić information content (AvgIpc) is 2.77. The van der Waals surface area contributed by atoms with E-state index in [0.717, 1.165) is 23.2 Å². The second-order valence-electron chi connectivity index (χ2n) is 3.38. The van der Waals surface area contributed by atoms with Crippen molar-refractivity contribution < 1.29 is 9.72 Å². The molecule has 1 aromatic carbocycles. The van der Waals surface area contributed by atoms with Crippen molar-refractivity contribution in [1.29, 1.82) is 0 Å². The van der Waals surface area contributed by atoms with Gasteiger partial charge in [-0.15, -0.1) is 11.8 Å². The predicted octanol–water partition coefficient (Wildman–Crippen LogP) is 2.51. The zero-order valence-electron chi connectivity index (χ0n) is 8.33. The molecule has 0 N–H and O–H groups in total. The Morgan fingerprint density at radius 3 is 2.62 bits per heavy atom. The van der Waals surface area contributed by atoms with Crippen molar-refractivity contribution in [2.45, 2.75) is 5.25 Å². The molecule has 16 heavy (non-hydrogen) atoms. The summed E-state index contributed by atoms with van der Waals surface area (Å²) in [6.45, 7) is 0.